The first kappa shape index (κ1) is 27.8. The van der Waals surface area contributed by atoms with Crippen LogP contribution in [0.4, 0.5) is 4.79 Å². The number of aryl methyl sites for hydroxylation is 2. The molecule has 0 saturated carbocycles. The van der Waals surface area contributed by atoms with E-state index in [1.54, 1.807) is 11.6 Å². The van der Waals surface area contributed by atoms with Gasteiger partial charge in [-0.15, -0.1) is 0 Å². The molecular formula is C28H39N5O4Si. The Labute approximate surface area is 224 Å². The summed E-state index contributed by atoms with van der Waals surface area (Å²) in [5, 5.41) is 9.32. The molecule has 204 valence electrons. The largest absolute Gasteiger partial charge is 0.465 e. The number of pyridine rings is 1. The van der Waals surface area contributed by atoms with Crippen LogP contribution in [0.25, 0.3) is 27.9 Å². The summed E-state index contributed by atoms with van der Waals surface area (Å²) < 4.78 is 9.91. The van der Waals surface area contributed by atoms with Crippen LogP contribution >= 0.6 is 0 Å². The maximum absolute atomic E-state index is 12.5. The molecule has 1 N–H and O–H groups in total. The minimum Gasteiger partial charge on any atom is -0.465 e. The Bertz CT molecular complexity index is 1400. The molecule has 1 fully saturated rings. The van der Waals surface area contributed by atoms with Crippen LogP contribution in [0.5, 0.6) is 0 Å². The molecule has 0 spiro atoms. The number of carboxylic acid groups (broad SMARTS) is 1. The number of amides is 1. The van der Waals surface area contributed by atoms with Crippen molar-refractivity contribution < 1.29 is 14.6 Å². The van der Waals surface area contributed by atoms with E-state index in [-0.39, 0.29) is 11.5 Å². The summed E-state index contributed by atoms with van der Waals surface area (Å²) in [5.41, 5.74) is 5.86. The van der Waals surface area contributed by atoms with Crippen molar-refractivity contribution in [1.82, 2.24) is 24.0 Å². The van der Waals surface area contributed by atoms with E-state index in [4.69, 9.17) is 14.7 Å². The predicted molar refractivity (Wildman–Crippen MR) is 153 cm³/mol. The van der Waals surface area contributed by atoms with Crippen LogP contribution in [-0.4, -0.2) is 63.0 Å². The van der Waals surface area contributed by atoms with Crippen LogP contribution in [0.15, 0.2) is 29.8 Å². The first-order valence-electron chi connectivity index (χ1n) is 13.2. The number of ether oxygens (including phenoxy) is 1. The fourth-order valence-corrected chi connectivity index (χ4v) is 5.80. The smallest absolute Gasteiger partial charge is 0.407 e. The number of aromatic nitrogens is 4. The molecule has 0 unspecified atom stereocenters. The monoisotopic (exact) mass is 537 g/mol. The highest BCUT2D eigenvalue weighted by Gasteiger charge is 2.28. The second-order valence-corrected chi connectivity index (χ2v) is 17.2. The molecule has 3 aromatic rings. The minimum absolute atomic E-state index is 0.0329. The third-order valence-electron chi connectivity index (χ3n) is 7.23. The van der Waals surface area contributed by atoms with E-state index < -0.39 is 14.2 Å². The van der Waals surface area contributed by atoms with Crippen molar-refractivity contribution in [2.75, 3.05) is 19.7 Å². The van der Waals surface area contributed by atoms with E-state index in [9.17, 15) is 14.7 Å². The molecule has 0 aromatic carbocycles. The Morgan fingerprint density at radius 2 is 1.95 bits per heavy atom. The lowest BCUT2D eigenvalue weighted by Crippen LogP contribution is -2.37. The van der Waals surface area contributed by atoms with Gasteiger partial charge in [-0.25, -0.2) is 14.8 Å². The third kappa shape index (κ3) is 5.76. The van der Waals surface area contributed by atoms with Gasteiger partial charge in [0.15, 0.2) is 0 Å². The zero-order valence-corrected chi connectivity index (χ0v) is 24.4. The molecule has 1 amide bonds. The van der Waals surface area contributed by atoms with Crippen molar-refractivity contribution in [2.45, 2.75) is 65.0 Å². The average Bonchev–Trinajstić information content (AvgIpc) is 3.18. The van der Waals surface area contributed by atoms with Gasteiger partial charge in [0.2, 0.25) is 0 Å². The summed E-state index contributed by atoms with van der Waals surface area (Å²) in [6.45, 7) is 17.0. The highest BCUT2D eigenvalue weighted by molar-refractivity contribution is 6.76. The molecule has 3 aromatic heterocycles. The summed E-state index contributed by atoms with van der Waals surface area (Å²) in [4.78, 5) is 35.1. The second kappa shape index (κ2) is 10.9. The lowest BCUT2D eigenvalue weighted by atomic mass is 9.96. The molecule has 0 atom stereocenters. The van der Waals surface area contributed by atoms with E-state index in [2.05, 4.69) is 30.8 Å². The highest BCUT2D eigenvalue weighted by atomic mass is 28.3. The van der Waals surface area contributed by atoms with Crippen LogP contribution < -0.4 is 5.56 Å². The zero-order chi connectivity index (χ0) is 27.8. The Balaban J connectivity index is 1.83. The van der Waals surface area contributed by atoms with Gasteiger partial charge in [-0.05, 0) is 44.4 Å². The summed E-state index contributed by atoms with van der Waals surface area (Å²) in [6.07, 6.45) is 4.20. The van der Waals surface area contributed by atoms with Crippen molar-refractivity contribution in [3.63, 3.8) is 0 Å². The minimum atomic E-state index is -1.25. The maximum Gasteiger partial charge on any atom is 0.407 e. The second-order valence-electron chi connectivity index (χ2n) is 11.6. The van der Waals surface area contributed by atoms with Gasteiger partial charge in [0.25, 0.3) is 5.56 Å². The standard InChI is InChI=1S/C28H39N5O4Si/c1-18(2)23-24-22(15-29-26(30-24)20-8-10-32(11-9-20)28(35)36)33(17-37-12-13-38(5,6)7)25(23)21-14-19(3)27(34)31(4)16-21/h14-16,20H,1,8-13,17H2,2-7H3,(H,35,36). The van der Waals surface area contributed by atoms with Gasteiger partial charge in [-0.2, -0.15) is 0 Å². The molecule has 9 nitrogen and oxygen atoms in total. The number of carbonyl (C=O) groups is 1. The molecule has 0 bridgehead atoms. The summed E-state index contributed by atoms with van der Waals surface area (Å²) in [5.74, 6) is 0.817. The number of rotatable bonds is 8. The quantitative estimate of drug-likeness (QED) is 0.309. The third-order valence-corrected chi connectivity index (χ3v) is 8.94. The van der Waals surface area contributed by atoms with Crippen LogP contribution in [0.2, 0.25) is 25.7 Å². The summed E-state index contributed by atoms with van der Waals surface area (Å²) in [7, 11) is 0.511. The number of likely N-dealkylation sites (tertiary alicyclic amines) is 1. The molecule has 10 heteroatoms. The van der Waals surface area contributed by atoms with Crippen molar-refractivity contribution in [3.05, 3.63) is 52.3 Å². The molecule has 1 aliphatic heterocycles. The number of piperidine rings is 1. The Hall–Kier alpha value is -3.24. The van der Waals surface area contributed by atoms with E-state index in [0.29, 0.717) is 44.8 Å². The van der Waals surface area contributed by atoms with Gasteiger partial charge < -0.3 is 23.9 Å². The van der Waals surface area contributed by atoms with E-state index >= 15 is 0 Å². The fraction of sp³-hybridized carbons (Fsp3) is 0.500. The Kier molecular flexibility index (Phi) is 7.94. The zero-order valence-electron chi connectivity index (χ0n) is 23.4. The molecular weight excluding hydrogens is 498 g/mol. The van der Waals surface area contributed by atoms with E-state index in [1.807, 2.05) is 32.3 Å². The molecule has 0 aliphatic carbocycles. The number of fused-ring (bicyclic) bond motifs is 1. The molecule has 4 rings (SSSR count). The lowest BCUT2D eigenvalue weighted by Gasteiger charge is -2.29. The van der Waals surface area contributed by atoms with Crippen molar-refractivity contribution in [1.29, 1.82) is 0 Å². The molecule has 1 aliphatic rings. The van der Waals surface area contributed by atoms with Gasteiger partial charge >= 0.3 is 6.09 Å². The molecule has 4 heterocycles. The molecule has 0 radical (unpaired) electrons. The Morgan fingerprint density at radius 3 is 2.53 bits per heavy atom. The Morgan fingerprint density at radius 1 is 1.26 bits per heavy atom. The first-order chi connectivity index (χ1) is 17.9. The van der Waals surface area contributed by atoms with Crippen molar-refractivity contribution in [3.8, 4) is 11.3 Å². The van der Waals surface area contributed by atoms with Gasteiger partial charge in [-0.1, -0.05) is 26.2 Å². The van der Waals surface area contributed by atoms with Gasteiger partial charge in [0.05, 0.1) is 17.4 Å². The first-order valence-corrected chi connectivity index (χ1v) is 16.9. The normalized spacial score (nSPS) is 14.8. The van der Waals surface area contributed by atoms with E-state index in [1.165, 1.54) is 4.90 Å². The van der Waals surface area contributed by atoms with Crippen LogP contribution in [0.3, 0.4) is 0 Å². The van der Waals surface area contributed by atoms with Gasteiger partial charge in [0.1, 0.15) is 18.1 Å². The number of hydrogen-bond donors (Lipinski definition) is 1. The maximum atomic E-state index is 12.5. The molecule has 1 saturated heterocycles. The number of allylic oxidation sites excluding steroid dienone is 1. The highest BCUT2D eigenvalue weighted by Crippen LogP contribution is 2.38. The predicted octanol–water partition coefficient (Wildman–Crippen LogP) is 5.31. The lowest BCUT2D eigenvalue weighted by molar-refractivity contribution is 0.0912. The molecule has 38 heavy (non-hydrogen) atoms. The number of hydrogen-bond acceptors (Lipinski definition) is 5. The van der Waals surface area contributed by atoms with Crippen LogP contribution in [-0.2, 0) is 18.5 Å². The van der Waals surface area contributed by atoms with Crippen LogP contribution in [0.1, 0.15) is 42.6 Å². The summed E-state index contributed by atoms with van der Waals surface area (Å²) in [6, 6.07) is 2.97. The van der Waals surface area contributed by atoms with Crippen molar-refractivity contribution in [2.24, 2.45) is 7.05 Å². The summed E-state index contributed by atoms with van der Waals surface area (Å²) >= 11 is 0. The number of nitrogens with zero attached hydrogens (tertiary/aromatic N) is 5. The van der Waals surface area contributed by atoms with E-state index in [0.717, 1.165) is 45.3 Å². The van der Waals surface area contributed by atoms with Gasteiger partial charge in [-0.3, -0.25) is 4.79 Å². The SMILES string of the molecule is C=C(C)c1c(-c2cc(C)c(=O)n(C)c2)n(COCC[Si](C)(C)C)c2cnc(C3CCN(C(=O)O)CC3)nc12. The average molecular weight is 538 g/mol. The van der Waals surface area contributed by atoms with Gasteiger partial charge in [0, 0.05) is 63.6 Å². The van der Waals surface area contributed by atoms with Crippen LogP contribution in [0, 0.1) is 6.92 Å². The topological polar surface area (TPSA) is 102 Å². The van der Waals surface area contributed by atoms with Crippen molar-refractivity contribution >= 4 is 30.8 Å². The fourth-order valence-electron chi connectivity index (χ4n) is 5.04.